The summed E-state index contributed by atoms with van der Waals surface area (Å²) in [6.07, 6.45) is 8.78. The van der Waals surface area contributed by atoms with Crippen molar-refractivity contribution in [3.63, 3.8) is 0 Å². The number of carbonyl (C=O) groups excluding carboxylic acids is 3. The van der Waals surface area contributed by atoms with Crippen LogP contribution in [0.5, 0.6) is 0 Å². The summed E-state index contributed by atoms with van der Waals surface area (Å²) in [6, 6.07) is 0. The third-order valence-corrected chi connectivity index (χ3v) is 2.99. The van der Waals surface area contributed by atoms with E-state index in [1.165, 1.54) is 39.0 Å². The smallest absolute Gasteiger partial charge is 0.329 e. The van der Waals surface area contributed by atoms with E-state index in [0.717, 1.165) is 12.8 Å². The number of unbranched alkanes of at least 4 members (excludes halogenated alkanes) is 6. The summed E-state index contributed by atoms with van der Waals surface area (Å²) in [5.74, 6) is -1.04. The van der Waals surface area contributed by atoms with E-state index < -0.39 is 11.9 Å². The molecule has 21 heavy (non-hydrogen) atoms. The summed E-state index contributed by atoms with van der Waals surface area (Å²) >= 11 is 0. The van der Waals surface area contributed by atoms with E-state index in [1.54, 1.807) is 0 Å². The minimum atomic E-state index is -0.577. The molecule has 2 amide bonds. The minimum Gasteiger partial charge on any atom is -0.356 e. The van der Waals surface area contributed by atoms with Crippen molar-refractivity contribution in [3.8, 4) is 0 Å². The molecule has 0 aliphatic heterocycles. The maximum Gasteiger partial charge on any atom is 0.329 e. The van der Waals surface area contributed by atoms with Crippen molar-refractivity contribution in [2.45, 2.75) is 71.6 Å². The van der Waals surface area contributed by atoms with Crippen molar-refractivity contribution in [1.82, 2.24) is 10.8 Å². The second kappa shape index (κ2) is 13.4. The van der Waals surface area contributed by atoms with E-state index in [2.05, 4.69) is 17.1 Å². The van der Waals surface area contributed by atoms with Gasteiger partial charge in [0.05, 0.1) is 0 Å². The molecule has 0 rings (SSSR count). The van der Waals surface area contributed by atoms with Crippen LogP contribution in [-0.2, 0) is 19.2 Å². The van der Waals surface area contributed by atoms with Crippen LogP contribution in [0.1, 0.15) is 71.6 Å². The molecule has 0 aliphatic rings. The van der Waals surface area contributed by atoms with Crippen LogP contribution in [0.4, 0.5) is 0 Å². The number of nitrogens with one attached hydrogen (secondary N) is 2. The molecule has 0 aromatic rings. The summed E-state index contributed by atoms with van der Waals surface area (Å²) in [7, 11) is 0. The van der Waals surface area contributed by atoms with Crippen LogP contribution < -0.4 is 10.8 Å². The highest BCUT2D eigenvalue weighted by Gasteiger charge is 2.05. The Kier molecular flexibility index (Phi) is 12.4. The molecule has 0 aromatic carbocycles. The van der Waals surface area contributed by atoms with Gasteiger partial charge in [-0.2, -0.15) is 5.48 Å². The van der Waals surface area contributed by atoms with Crippen molar-refractivity contribution in [2.24, 2.45) is 0 Å². The monoisotopic (exact) mass is 300 g/mol. The largest absolute Gasteiger partial charge is 0.356 e. The lowest BCUT2D eigenvalue weighted by Gasteiger charge is -2.06. The number of amides is 2. The van der Waals surface area contributed by atoms with Gasteiger partial charge in [0.25, 0.3) is 5.91 Å². The lowest BCUT2D eigenvalue weighted by Crippen LogP contribution is -2.31. The zero-order chi connectivity index (χ0) is 15.9. The Labute approximate surface area is 127 Å². The topological polar surface area (TPSA) is 84.5 Å². The molecule has 122 valence electrons. The quantitative estimate of drug-likeness (QED) is 0.452. The van der Waals surface area contributed by atoms with Crippen molar-refractivity contribution in [1.29, 1.82) is 0 Å². The number of hydrogen-bond donors (Lipinski definition) is 2. The molecule has 0 atom stereocenters. The van der Waals surface area contributed by atoms with E-state index in [0.29, 0.717) is 6.42 Å². The predicted molar refractivity (Wildman–Crippen MR) is 80.1 cm³/mol. The van der Waals surface area contributed by atoms with Gasteiger partial charge in [0, 0.05) is 26.3 Å². The zero-order valence-corrected chi connectivity index (χ0v) is 13.2. The average Bonchev–Trinajstić information content (AvgIpc) is 2.44. The maximum absolute atomic E-state index is 11.5. The van der Waals surface area contributed by atoms with Crippen LogP contribution >= 0.6 is 0 Å². The van der Waals surface area contributed by atoms with Crippen molar-refractivity contribution >= 4 is 17.8 Å². The highest BCUT2D eigenvalue weighted by molar-refractivity contribution is 5.79. The molecule has 0 saturated heterocycles. The molecule has 0 bridgehead atoms. The fourth-order valence-corrected chi connectivity index (χ4v) is 1.83. The second-order valence-corrected chi connectivity index (χ2v) is 5.09. The first-order chi connectivity index (χ1) is 10.1. The van der Waals surface area contributed by atoms with Crippen LogP contribution in [0.25, 0.3) is 0 Å². The van der Waals surface area contributed by atoms with E-state index in [-0.39, 0.29) is 18.9 Å². The molecule has 0 saturated carbocycles. The normalized spacial score (nSPS) is 10.0. The lowest BCUT2D eigenvalue weighted by atomic mass is 10.1. The van der Waals surface area contributed by atoms with Gasteiger partial charge in [-0.25, -0.2) is 0 Å². The molecular formula is C15H28N2O4. The van der Waals surface area contributed by atoms with Gasteiger partial charge in [-0.05, 0) is 6.42 Å². The van der Waals surface area contributed by atoms with E-state index in [1.807, 2.05) is 5.48 Å². The van der Waals surface area contributed by atoms with Crippen LogP contribution in [0.3, 0.4) is 0 Å². The Morgan fingerprint density at radius 1 is 0.857 bits per heavy atom. The van der Waals surface area contributed by atoms with Gasteiger partial charge in [-0.15, -0.1) is 0 Å². The lowest BCUT2D eigenvalue weighted by molar-refractivity contribution is -0.156. The van der Waals surface area contributed by atoms with Crippen LogP contribution in [0, 0.1) is 0 Å². The Balaban J connectivity index is 3.38. The van der Waals surface area contributed by atoms with Gasteiger partial charge < -0.3 is 10.2 Å². The van der Waals surface area contributed by atoms with Crippen molar-refractivity contribution < 1.29 is 19.2 Å². The molecule has 0 unspecified atom stereocenters. The molecule has 0 heterocycles. The molecule has 6 nitrogen and oxygen atoms in total. The summed E-state index contributed by atoms with van der Waals surface area (Å²) in [5, 5.41) is 2.67. The Hall–Kier alpha value is -1.59. The zero-order valence-electron chi connectivity index (χ0n) is 13.2. The Bertz CT molecular complexity index is 319. The highest BCUT2D eigenvalue weighted by Crippen LogP contribution is 2.08. The van der Waals surface area contributed by atoms with Gasteiger partial charge in [0.1, 0.15) is 0 Å². The molecule has 2 N–H and O–H groups in total. The van der Waals surface area contributed by atoms with Crippen LogP contribution in [-0.4, -0.2) is 24.3 Å². The fraction of sp³-hybridized carbons (Fsp3) is 0.800. The third kappa shape index (κ3) is 14.6. The number of hydrogen-bond acceptors (Lipinski definition) is 4. The summed E-state index contributed by atoms with van der Waals surface area (Å²) in [6.45, 7) is 3.64. The standard InChI is InChI=1S/C15H28N2O4/c1-3-4-5-6-7-8-9-10-14(19)16-12-11-15(20)17-21-13(2)18/h3-12H2,1-2H3,(H,16,19)(H,17,20). The number of rotatable bonds is 11. The summed E-state index contributed by atoms with van der Waals surface area (Å²) in [4.78, 5) is 37.5. The molecule has 0 radical (unpaired) electrons. The van der Waals surface area contributed by atoms with Gasteiger partial charge in [-0.1, -0.05) is 45.4 Å². The first-order valence-electron chi connectivity index (χ1n) is 7.79. The van der Waals surface area contributed by atoms with E-state index in [4.69, 9.17) is 0 Å². The molecule has 0 fully saturated rings. The SMILES string of the molecule is CCCCCCCCCC(=O)NCCC(=O)NOC(C)=O. The van der Waals surface area contributed by atoms with Gasteiger partial charge >= 0.3 is 5.97 Å². The summed E-state index contributed by atoms with van der Waals surface area (Å²) < 4.78 is 0. The molecule has 6 heteroatoms. The molecule has 0 spiro atoms. The van der Waals surface area contributed by atoms with E-state index in [9.17, 15) is 14.4 Å². The Morgan fingerprint density at radius 2 is 1.48 bits per heavy atom. The van der Waals surface area contributed by atoms with Crippen molar-refractivity contribution in [3.05, 3.63) is 0 Å². The first-order valence-corrected chi connectivity index (χ1v) is 7.79. The average molecular weight is 300 g/mol. The summed E-state index contributed by atoms with van der Waals surface area (Å²) in [5.41, 5.74) is 1.99. The first kappa shape index (κ1) is 19.4. The van der Waals surface area contributed by atoms with Crippen molar-refractivity contribution in [2.75, 3.05) is 6.54 Å². The Morgan fingerprint density at radius 3 is 2.10 bits per heavy atom. The third-order valence-electron chi connectivity index (χ3n) is 2.99. The molecule has 0 aliphatic carbocycles. The maximum atomic E-state index is 11.5. The number of hydroxylamine groups is 1. The van der Waals surface area contributed by atoms with Gasteiger partial charge in [0.15, 0.2) is 0 Å². The molecule has 0 aromatic heterocycles. The van der Waals surface area contributed by atoms with Crippen LogP contribution in [0.2, 0.25) is 0 Å². The number of carbonyl (C=O) groups is 3. The highest BCUT2D eigenvalue weighted by atomic mass is 16.7. The molecular weight excluding hydrogens is 272 g/mol. The second-order valence-electron chi connectivity index (χ2n) is 5.09. The van der Waals surface area contributed by atoms with Gasteiger partial charge in [-0.3, -0.25) is 14.4 Å². The minimum absolute atomic E-state index is 0.0381. The fourth-order valence-electron chi connectivity index (χ4n) is 1.83. The predicted octanol–water partition coefficient (Wildman–Crippen LogP) is 2.23. The van der Waals surface area contributed by atoms with E-state index >= 15 is 0 Å². The van der Waals surface area contributed by atoms with Gasteiger partial charge in [0.2, 0.25) is 5.91 Å². The van der Waals surface area contributed by atoms with Crippen LogP contribution in [0.15, 0.2) is 0 Å².